The van der Waals surface area contributed by atoms with Crippen molar-refractivity contribution in [2.45, 2.75) is 11.8 Å². The van der Waals surface area contributed by atoms with E-state index >= 15 is 0 Å². The number of aliphatic imine (C=N–C) groups is 1. The molecule has 0 fully saturated rings. The summed E-state index contributed by atoms with van der Waals surface area (Å²) in [5, 5.41) is 3.77. The van der Waals surface area contributed by atoms with E-state index in [4.69, 9.17) is 23.2 Å². The van der Waals surface area contributed by atoms with Gasteiger partial charge in [-0.3, -0.25) is 9.59 Å². The Morgan fingerprint density at radius 3 is 2.37 bits per heavy atom. The van der Waals surface area contributed by atoms with E-state index in [1.54, 1.807) is 23.5 Å². The fourth-order valence-corrected chi connectivity index (χ4v) is 2.92. The van der Waals surface area contributed by atoms with Crippen LogP contribution in [0.5, 0.6) is 0 Å². The highest BCUT2D eigenvalue weighted by Gasteiger charge is 2.65. The molecule has 3 rings (SSSR count). The number of hydrogen-bond acceptors (Lipinski definition) is 3. The summed E-state index contributed by atoms with van der Waals surface area (Å²) in [6, 6.07) is 11.4. The summed E-state index contributed by atoms with van der Waals surface area (Å²) < 4.78 is 41.3. The fraction of sp³-hybridized carbons (Fsp3) is 0.118. The van der Waals surface area contributed by atoms with Crippen LogP contribution >= 0.6 is 23.2 Å². The van der Waals surface area contributed by atoms with Crippen LogP contribution in [-0.4, -0.2) is 29.5 Å². The number of nitrogens with zero attached hydrogens (tertiary/aromatic N) is 1. The summed E-state index contributed by atoms with van der Waals surface area (Å²) in [5.41, 5.74) is -3.49. The van der Waals surface area contributed by atoms with Crippen LogP contribution in [0.15, 0.2) is 53.5 Å². The van der Waals surface area contributed by atoms with Crippen LogP contribution in [0, 0.1) is 0 Å². The molecule has 27 heavy (non-hydrogen) atoms. The molecule has 1 aliphatic heterocycles. The fourth-order valence-electron chi connectivity index (χ4n) is 2.43. The van der Waals surface area contributed by atoms with Gasteiger partial charge in [-0.25, -0.2) is 4.99 Å². The molecule has 2 amide bonds. The monoisotopic (exact) mass is 415 g/mol. The molecule has 1 heterocycles. The molecule has 0 aromatic heterocycles. The zero-order valence-electron chi connectivity index (χ0n) is 13.3. The van der Waals surface area contributed by atoms with Crippen molar-refractivity contribution in [1.82, 2.24) is 10.6 Å². The van der Waals surface area contributed by atoms with Gasteiger partial charge in [0.25, 0.3) is 11.8 Å². The molecule has 1 atom stereocenters. The molecule has 140 valence electrons. The third kappa shape index (κ3) is 3.50. The second-order valence-electron chi connectivity index (χ2n) is 5.57. The summed E-state index contributed by atoms with van der Waals surface area (Å²) in [6.07, 6.45) is -5.19. The van der Waals surface area contributed by atoms with Gasteiger partial charge in [-0.05, 0) is 18.2 Å². The van der Waals surface area contributed by atoms with E-state index in [1.807, 2.05) is 0 Å². The van der Waals surface area contributed by atoms with E-state index in [1.165, 1.54) is 24.3 Å². The van der Waals surface area contributed by atoms with Crippen LogP contribution in [0.4, 0.5) is 13.2 Å². The van der Waals surface area contributed by atoms with E-state index < -0.39 is 23.7 Å². The van der Waals surface area contributed by atoms with Crippen molar-refractivity contribution in [3.8, 4) is 0 Å². The SMILES string of the molecule is O=C(N[C@@]1(C(F)(F)F)N=C(c2ccccc2)NC1=O)c1ccc(Cl)cc1Cl. The van der Waals surface area contributed by atoms with Gasteiger partial charge in [0.1, 0.15) is 5.84 Å². The van der Waals surface area contributed by atoms with Crippen molar-refractivity contribution in [1.29, 1.82) is 0 Å². The van der Waals surface area contributed by atoms with Gasteiger partial charge in [0.05, 0.1) is 10.6 Å². The molecule has 10 heteroatoms. The highest BCUT2D eigenvalue weighted by atomic mass is 35.5. The third-order valence-corrected chi connectivity index (χ3v) is 4.32. The van der Waals surface area contributed by atoms with E-state index in [9.17, 15) is 22.8 Å². The van der Waals surface area contributed by atoms with Crippen molar-refractivity contribution in [2.24, 2.45) is 4.99 Å². The van der Waals surface area contributed by atoms with E-state index in [2.05, 4.69) is 10.3 Å². The predicted octanol–water partition coefficient (Wildman–Crippen LogP) is 3.56. The number of amidine groups is 1. The normalized spacial score (nSPS) is 19.4. The van der Waals surface area contributed by atoms with Gasteiger partial charge in [0.15, 0.2) is 0 Å². The molecule has 5 nitrogen and oxygen atoms in total. The lowest BCUT2D eigenvalue weighted by molar-refractivity contribution is -0.192. The Hall–Kier alpha value is -2.58. The molecule has 2 N–H and O–H groups in total. The third-order valence-electron chi connectivity index (χ3n) is 3.77. The summed E-state index contributed by atoms with van der Waals surface area (Å²) in [5.74, 6) is -3.05. The summed E-state index contributed by atoms with van der Waals surface area (Å²) in [4.78, 5) is 28.1. The highest BCUT2D eigenvalue weighted by molar-refractivity contribution is 6.36. The molecule has 0 saturated heterocycles. The number of hydrogen-bond donors (Lipinski definition) is 2. The van der Waals surface area contributed by atoms with Crippen LogP contribution in [-0.2, 0) is 4.79 Å². The highest BCUT2D eigenvalue weighted by Crippen LogP contribution is 2.36. The minimum Gasteiger partial charge on any atom is -0.312 e. The number of alkyl halides is 3. The summed E-state index contributed by atoms with van der Waals surface area (Å²) >= 11 is 11.6. The van der Waals surface area contributed by atoms with Gasteiger partial charge in [-0.15, -0.1) is 0 Å². The standard InChI is InChI=1S/C17H10Cl2F3N3O2/c18-10-6-7-11(12(19)8-10)14(26)25-16(17(20,21)22)15(27)23-13(24-16)9-4-2-1-3-5-9/h1-8H,(H,25,26)(H,23,24,27)/t16-/m0/s1. The molecule has 1 aliphatic rings. The number of halogens is 5. The van der Waals surface area contributed by atoms with Gasteiger partial charge in [0.2, 0.25) is 0 Å². The van der Waals surface area contributed by atoms with Crippen LogP contribution in [0.25, 0.3) is 0 Å². The molecule has 0 spiro atoms. The Labute approximate surface area is 161 Å². The van der Waals surface area contributed by atoms with Crippen molar-refractivity contribution in [3.63, 3.8) is 0 Å². The minimum atomic E-state index is -5.19. The van der Waals surface area contributed by atoms with Crippen LogP contribution in [0.1, 0.15) is 15.9 Å². The maximum Gasteiger partial charge on any atom is 0.442 e. The number of carbonyl (C=O) groups excluding carboxylic acids is 2. The first-order chi connectivity index (χ1) is 12.6. The lowest BCUT2D eigenvalue weighted by Crippen LogP contribution is -2.63. The summed E-state index contributed by atoms with van der Waals surface area (Å²) in [6.45, 7) is 0. The predicted molar refractivity (Wildman–Crippen MR) is 93.8 cm³/mol. The molecule has 0 aliphatic carbocycles. The number of carbonyl (C=O) groups is 2. The average Bonchev–Trinajstić information content (AvgIpc) is 2.93. The topological polar surface area (TPSA) is 70.6 Å². The molecular formula is C17H10Cl2F3N3O2. The zero-order chi connectivity index (χ0) is 19.8. The Balaban J connectivity index is 2.03. The van der Waals surface area contributed by atoms with Crippen molar-refractivity contribution >= 4 is 40.9 Å². The summed E-state index contributed by atoms with van der Waals surface area (Å²) in [7, 11) is 0. The first kappa shape index (κ1) is 19.2. The van der Waals surface area contributed by atoms with Gasteiger partial charge in [-0.1, -0.05) is 53.5 Å². The van der Waals surface area contributed by atoms with Gasteiger partial charge >= 0.3 is 11.8 Å². The first-order valence-electron chi connectivity index (χ1n) is 7.45. The average molecular weight is 416 g/mol. The van der Waals surface area contributed by atoms with E-state index in [0.29, 0.717) is 0 Å². The van der Waals surface area contributed by atoms with Crippen molar-refractivity contribution < 1.29 is 22.8 Å². The lowest BCUT2D eigenvalue weighted by atomic mass is 10.1. The molecular weight excluding hydrogens is 406 g/mol. The van der Waals surface area contributed by atoms with E-state index in [0.717, 1.165) is 6.07 Å². The Bertz CT molecular complexity index is 948. The van der Waals surface area contributed by atoms with Crippen molar-refractivity contribution in [2.75, 3.05) is 0 Å². The minimum absolute atomic E-state index is 0.164. The number of rotatable bonds is 3. The maximum absolute atomic E-state index is 13.8. The van der Waals surface area contributed by atoms with Crippen LogP contribution < -0.4 is 10.6 Å². The van der Waals surface area contributed by atoms with Crippen LogP contribution in [0.3, 0.4) is 0 Å². The second-order valence-corrected chi connectivity index (χ2v) is 6.41. The Morgan fingerprint density at radius 1 is 1.11 bits per heavy atom. The molecule has 0 radical (unpaired) electrons. The largest absolute Gasteiger partial charge is 0.442 e. The maximum atomic E-state index is 13.8. The lowest BCUT2D eigenvalue weighted by Gasteiger charge is -2.27. The molecule has 0 unspecified atom stereocenters. The van der Waals surface area contributed by atoms with Gasteiger partial charge in [-0.2, -0.15) is 13.2 Å². The molecule has 0 saturated carbocycles. The zero-order valence-corrected chi connectivity index (χ0v) is 14.8. The van der Waals surface area contributed by atoms with Crippen LogP contribution in [0.2, 0.25) is 10.0 Å². The van der Waals surface area contributed by atoms with Gasteiger partial charge in [0, 0.05) is 10.6 Å². The second kappa shape index (κ2) is 6.86. The van der Waals surface area contributed by atoms with Gasteiger partial charge < -0.3 is 10.6 Å². The Morgan fingerprint density at radius 2 is 1.78 bits per heavy atom. The molecule has 0 bridgehead atoms. The van der Waals surface area contributed by atoms with Crippen molar-refractivity contribution in [3.05, 3.63) is 69.7 Å². The molecule has 2 aromatic rings. The quantitative estimate of drug-likeness (QED) is 0.804. The van der Waals surface area contributed by atoms with E-state index in [-0.39, 0.29) is 27.0 Å². The first-order valence-corrected chi connectivity index (χ1v) is 8.21. The number of nitrogens with one attached hydrogen (secondary N) is 2. The Kier molecular flexibility index (Phi) is 4.88. The number of amides is 2. The molecule has 2 aromatic carbocycles. The number of benzene rings is 2. The smallest absolute Gasteiger partial charge is 0.312 e.